The highest BCUT2D eigenvalue weighted by Crippen LogP contribution is 2.45. The molecule has 0 aliphatic heterocycles. The number of allylic oxidation sites excluding steroid dienone is 7. The summed E-state index contributed by atoms with van der Waals surface area (Å²) in [6.45, 7) is 10.8. The molecule has 6 aromatic rings. The summed E-state index contributed by atoms with van der Waals surface area (Å²) in [4.78, 5) is 0. The summed E-state index contributed by atoms with van der Waals surface area (Å²) in [6.07, 6.45) is 10.1. The van der Waals surface area contributed by atoms with Gasteiger partial charge in [-0.05, 0) is 61.8 Å². The average Bonchev–Trinajstić information content (AvgIpc) is 3.62. The lowest BCUT2D eigenvalue weighted by Gasteiger charge is -2.33. The van der Waals surface area contributed by atoms with Crippen molar-refractivity contribution in [3.8, 4) is 29.7 Å². The second-order valence-electron chi connectivity index (χ2n) is 12.4. The Morgan fingerprint density at radius 3 is 2.10 bits per heavy atom. The maximum Gasteiger partial charge on any atom is 0.102 e. The smallest absolute Gasteiger partial charge is 0.102 e. The molecule has 1 aliphatic carbocycles. The zero-order chi connectivity index (χ0) is 34.1. The summed E-state index contributed by atoms with van der Waals surface area (Å²) in [5.74, 6) is 6.12. The van der Waals surface area contributed by atoms with Crippen molar-refractivity contribution in [2.75, 3.05) is 0 Å². The van der Waals surface area contributed by atoms with Gasteiger partial charge in [0.15, 0.2) is 0 Å². The fourth-order valence-corrected chi connectivity index (χ4v) is 7.59. The number of benzene rings is 4. The lowest BCUT2D eigenvalue weighted by Crippen LogP contribution is -2.25. The van der Waals surface area contributed by atoms with Crippen molar-refractivity contribution in [2.24, 2.45) is 5.92 Å². The van der Waals surface area contributed by atoms with Crippen LogP contribution in [0, 0.1) is 47.3 Å². The van der Waals surface area contributed by atoms with E-state index in [9.17, 15) is 10.5 Å². The molecule has 4 heteroatoms. The Morgan fingerprint density at radius 1 is 0.816 bits per heavy atom. The van der Waals surface area contributed by atoms with E-state index < -0.39 is 0 Å². The SMILES string of the molecule is C=C(/C(=C\CCC)C1C(C#N)=CC=CC1n1c(C)c(C#CC)c2ccccc21)c1cccc(-n2c3ccccc3c3ccccc32)c1C#N. The van der Waals surface area contributed by atoms with Crippen LogP contribution >= 0.6 is 0 Å². The molecule has 2 atom stereocenters. The molecule has 0 fully saturated rings. The van der Waals surface area contributed by atoms with Crippen molar-refractivity contribution < 1.29 is 0 Å². The molecule has 2 heterocycles. The summed E-state index contributed by atoms with van der Waals surface area (Å²) < 4.78 is 4.51. The van der Waals surface area contributed by atoms with Gasteiger partial charge in [-0.2, -0.15) is 10.5 Å². The fraction of sp³-hybridized carbons (Fsp3) is 0.156. The summed E-state index contributed by atoms with van der Waals surface area (Å²) in [6, 6.07) is 35.9. The minimum absolute atomic E-state index is 0.206. The van der Waals surface area contributed by atoms with Crippen LogP contribution in [-0.4, -0.2) is 9.13 Å². The van der Waals surface area contributed by atoms with Crippen molar-refractivity contribution in [3.05, 3.63) is 155 Å². The van der Waals surface area contributed by atoms with E-state index in [0.29, 0.717) is 11.1 Å². The van der Waals surface area contributed by atoms with Crippen LogP contribution in [0.5, 0.6) is 0 Å². The third kappa shape index (κ3) is 5.09. The molecule has 4 nitrogen and oxygen atoms in total. The number of nitriles is 2. The average molecular weight is 633 g/mol. The Kier molecular flexibility index (Phi) is 8.36. The van der Waals surface area contributed by atoms with Gasteiger partial charge in [-0.25, -0.2) is 0 Å². The predicted octanol–water partition coefficient (Wildman–Crippen LogP) is 10.9. The van der Waals surface area contributed by atoms with Crippen molar-refractivity contribution in [3.63, 3.8) is 0 Å². The number of hydrogen-bond donors (Lipinski definition) is 0. The Morgan fingerprint density at radius 2 is 1.47 bits per heavy atom. The summed E-state index contributed by atoms with van der Waals surface area (Å²) in [7, 11) is 0. The molecule has 2 aromatic heterocycles. The van der Waals surface area contributed by atoms with E-state index in [1.165, 1.54) is 0 Å². The molecule has 49 heavy (non-hydrogen) atoms. The van der Waals surface area contributed by atoms with E-state index in [1.54, 1.807) is 0 Å². The zero-order valence-electron chi connectivity index (χ0n) is 28.0. The van der Waals surface area contributed by atoms with Crippen molar-refractivity contribution in [1.82, 2.24) is 9.13 Å². The normalized spacial score (nSPS) is 15.9. The summed E-state index contributed by atoms with van der Waals surface area (Å²) in [5.41, 5.74) is 9.70. The first-order chi connectivity index (χ1) is 24.0. The molecule has 2 unspecified atom stereocenters. The monoisotopic (exact) mass is 632 g/mol. The topological polar surface area (TPSA) is 57.4 Å². The second kappa shape index (κ2) is 13.1. The molecular weight excluding hydrogens is 597 g/mol. The van der Waals surface area contributed by atoms with Crippen LogP contribution in [0.15, 0.2) is 133 Å². The van der Waals surface area contributed by atoms with Crippen LogP contribution in [0.4, 0.5) is 0 Å². The molecule has 0 saturated heterocycles. The molecule has 0 bridgehead atoms. The Hall–Kier alpha value is -6.28. The van der Waals surface area contributed by atoms with E-state index >= 15 is 0 Å². The van der Waals surface area contributed by atoms with Crippen LogP contribution in [0.25, 0.3) is 44.0 Å². The molecule has 236 valence electrons. The molecule has 4 aromatic carbocycles. The molecular formula is C45H36N4. The van der Waals surface area contributed by atoms with Gasteiger partial charge in [0, 0.05) is 38.9 Å². The number of para-hydroxylation sites is 3. The first-order valence-corrected chi connectivity index (χ1v) is 16.8. The minimum Gasteiger partial charge on any atom is -0.336 e. The highest BCUT2D eigenvalue weighted by Gasteiger charge is 2.34. The maximum absolute atomic E-state index is 10.9. The van der Waals surface area contributed by atoms with Crippen LogP contribution in [0.1, 0.15) is 55.1 Å². The number of hydrogen-bond acceptors (Lipinski definition) is 2. The quantitative estimate of drug-likeness (QED) is 0.130. The number of unbranched alkanes of at least 4 members (excludes halogenated alkanes) is 1. The van der Waals surface area contributed by atoms with Gasteiger partial charge in [0.25, 0.3) is 0 Å². The highest BCUT2D eigenvalue weighted by atomic mass is 15.0. The van der Waals surface area contributed by atoms with Crippen molar-refractivity contribution in [1.29, 1.82) is 10.5 Å². The fourth-order valence-electron chi connectivity index (χ4n) is 7.59. The van der Waals surface area contributed by atoms with E-state index in [2.05, 4.69) is 114 Å². The van der Waals surface area contributed by atoms with Gasteiger partial charge in [0.2, 0.25) is 0 Å². The van der Waals surface area contributed by atoms with Gasteiger partial charge >= 0.3 is 0 Å². The standard InChI is InChI=1S/C45H36N4/c1-5-7-18-34(45-32(28-46)17-14-27-44(45)48-31(4)35(16-6-2)36-19-8-11-23-40(36)48)30(3)33-22-15-26-43(39(33)29-47)49-41-24-12-9-20-37(41)38-21-10-13-25-42(38)49/h8-15,17-27,44-45H,3,5,7H2,1-2,4H3/b34-18+. The van der Waals surface area contributed by atoms with E-state index in [1.807, 2.05) is 55.5 Å². The number of nitrogens with zero attached hydrogens (tertiary/aromatic N) is 4. The molecule has 0 radical (unpaired) electrons. The van der Waals surface area contributed by atoms with E-state index in [-0.39, 0.29) is 12.0 Å². The zero-order valence-corrected chi connectivity index (χ0v) is 28.0. The van der Waals surface area contributed by atoms with Crippen molar-refractivity contribution >= 4 is 38.3 Å². The van der Waals surface area contributed by atoms with Gasteiger partial charge in [0.05, 0.1) is 45.5 Å². The Balaban J connectivity index is 1.43. The second-order valence-corrected chi connectivity index (χ2v) is 12.4. The molecule has 0 spiro atoms. The van der Waals surface area contributed by atoms with Crippen LogP contribution in [-0.2, 0) is 0 Å². The molecule has 0 N–H and O–H groups in total. The lowest BCUT2D eigenvalue weighted by molar-refractivity contribution is 0.503. The van der Waals surface area contributed by atoms with E-state index in [4.69, 9.17) is 6.58 Å². The highest BCUT2D eigenvalue weighted by molar-refractivity contribution is 6.09. The van der Waals surface area contributed by atoms with Gasteiger partial charge in [-0.1, -0.05) is 111 Å². The number of aromatic nitrogens is 2. The predicted molar refractivity (Wildman–Crippen MR) is 202 cm³/mol. The summed E-state index contributed by atoms with van der Waals surface area (Å²) in [5, 5.41) is 24.8. The molecule has 0 saturated carbocycles. The third-order valence-corrected chi connectivity index (χ3v) is 9.73. The lowest BCUT2D eigenvalue weighted by atomic mass is 9.76. The summed E-state index contributed by atoms with van der Waals surface area (Å²) >= 11 is 0. The minimum atomic E-state index is -0.325. The third-order valence-electron chi connectivity index (χ3n) is 9.73. The first-order valence-electron chi connectivity index (χ1n) is 16.8. The van der Waals surface area contributed by atoms with Gasteiger partial charge < -0.3 is 9.13 Å². The molecule has 7 rings (SSSR count). The van der Waals surface area contributed by atoms with E-state index in [0.717, 1.165) is 79.2 Å². The Bertz CT molecular complexity index is 2480. The molecule has 1 aliphatic rings. The Labute approximate surface area is 287 Å². The molecule has 0 amide bonds. The van der Waals surface area contributed by atoms with Gasteiger partial charge in [-0.3, -0.25) is 0 Å². The van der Waals surface area contributed by atoms with Gasteiger partial charge in [0.1, 0.15) is 6.07 Å². The van der Waals surface area contributed by atoms with Gasteiger partial charge in [-0.15, -0.1) is 5.92 Å². The van der Waals surface area contributed by atoms with Crippen LogP contribution < -0.4 is 0 Å². The number of fused-ring (bicyclic) bond motifs is 4. The van der Waals surface area contributed by atoms with Crippen molar-refractivity contribution in [2.45, 2.75) is 39.7 Å². The largest absolute Gasteiger partial charge is 0.336 e. The first kappa shape index (κ1) is 31.3. The van der Waals surface area contributed by atoms with Crippen LogP contribution in [0.2, 0.25) is 0 Å². The number of rotatable bonds is 7. The van der Waals surface area contributed by atoms with Crippen LogP contribution in [0.3, 0.4) is 0 Å². The maximum atomic E-state index is 10.9.